The van der Waals surface area contributed by atoms with E-state index in [2.05, 4.69) is 5.32 Å². The second-order valence-corrected chi connectivity index (χ2v) is 7.17. The Hall–Kier alpha value is -3.32. The molecule has 0 saturated heterocycles. The summed E-state index contributed by atoms with van der Waals surface area (Å²) in [5.74, 6) is 0.895. The highest BCUT2D eigenvalue weighted by atomic mass is 32.1. The highest BCUT2D eigenvalue weighted by Gasteiger charge is 2.20. The van der Waals surface area contributed by atoms with Crippen molar-refractivity contribution in [2.75, 3.05) is 26.2 Å². The summed E-state index contributed by atoms with van der Waals surface area (Å²) in [5, 5.41) is 4.75. The zero-order chi connectivity index (χ0) is 20.8. The fourth-order valence-corrected chi connectivity index (χ4v) is 3.62. The average Bonchev–Trinajstić information content (AvgIpc) is 3.31. The van der Waals surface area contributed by atoms with E-state index in [1.54, 1.807) is 63.7 Å². The third-order valence-electron chi connectivity index (χ3n) is 4.47. The van der Waals surface area contributed by atoms with Gasteiger partial charge in [-0.2, -0.15) is 0 Å². The molecule has 0 bridgehead atoms. The summed E-state index contributed by atoms with van der Waals surface area (Å²) < 4.78 is 10.6. The lowest BCUT2D eigenvalue weighted by Gasteiger charge is -2.20. The number of anilines is 1. The predicted octanol–water partition coefficient (Wildman–Crippen LogP) is 3.97. The molecule has 2 aromatic carbocycles. The first-order valence-electron chi connectivity index (χ1n) is 8.95. The maximum atomic E-state index is 12.9. The monoisotopic (exact) mass is 410 g/mol. The van der Waals surface area contributed by atoms with Crippen LogP contribution in [-0.2, 0) is 6.54 Å². The molecule has 6 nitrogen and oxygen atoms in total. The van der Waals surface area contributed by atoms with Gasteiger partial charge in [0.25, 0.3) is 11.8 Å². The van der Waals surface area contributed by atoms with Crippen LogP contribution in [0.25, 0.3) is 0 Å². The van der Waals surface area contributed by atoms with Crippen LogP contribution in [0.15, 0.2) is 60.0 Å². The standard InChI is InChI=1S/C22H22N2O4S/c1-24(22(26)20-9-6-12-29-20)18-8-5-4-7-17(18)21(25)23-14-15-13-16(27-2)10-11-19(15)28-3/h4-13H,14H2,1-3H3,(H,23,25). The van der Waals surface area contributed by atoms with Gasteiger partial charge in [-0.05, 0) is 41.8 Å². The van der Waals surface area contributed by atoms with Gasteiger partial charge in [0.05, 0.1) is 30.3 Å². The van der Waals surface area contributed by atoms with Crippen LogP contribution in [0.5, 0.6) is 11.5 Å². The lowest BCUT2D eigenvalue weighted by atomic mass is 10.1. The number of carbonyl (C=O) groups excluding carboxylic acids is 2. The Labute approximate surface area is 173 Å². The summed E-state index contributed by atoms with van der Waals surface area (Å²) in [6, 6.07) is 16.0. The molecule has 0 radical (unpaired) electrons. The molecular weight excluding hydrogens is 388 g/mol. The summed E-state index contributed by atoms with van der Waals surface area (Å²) in [6.07, 6.45) is 0. The minimum Gasteiger partial charge on any atom is -0.497 e. The van der Waals surface area contributed by atoms with Crippen LogP contribution in [0.2, 0.25) is 0 Å². The molecule has 0 saturated carbocycles. The molecule has 2 amide bonds. The fourth-order valence-electron chi connectivity index (χ4n) is 2.92. The predicted molar refractivity (Wildman–Crippen MR) is 114 cm³/mol. The summed E-state index contributed by atoms with van der Waals surface area (Å²) >= 11 is 1.37. The van der Waals surface area contributed by atoms with Crippen molar-refractivity contribution < 1.29 is 19.1 Å². The Morgan fingerprint density at radius 3 is 2.52 bits per heavy atom. The van der Waals surface area contributed by atoms with E-state index in [0.717, 1.165) is 5.56 Å². The molecule has 1 aromatic heterocycles. The highest BCUT2D eigenvalue weighted by molar-refractivity contribution is 7.12. The summed E-state index contributed by atoms with van der Waals surface area (Å²) in [5.41, 5.74) is 1.75. The number of thiophene rings is 1. The zero-order valence-electron chi connectivity index (χ0n) is 16.5. The molecule has 29 heavy (non-hydrogen) atoms. The molecular formula is C22H22N2O4S. The lowest BCUT2D eigenvalue weighted by molar-refractivity contribution is 0.0951. The molecule has 3 rings (SSSR count). The Kier molecular flexibility index (Phi) is 6.51. The smallest absolute Gasteiger partial charge is 0.268 e. The first-order chi connectivity index (χ1) is 14.0. The number of nitrogens with zero attached hydrogens (tertiary/aromatic N) is 1. The topological polar surface area (TPSA) is 67.9 Å². The van der Waals surface area contributed by atoms with Crippen molar-refractivity contribution in [2.45, 2.75) is 6.54 Å². The molecule has 0 atom stereocenters. The van der Waals surface area contributed by atoms with Crippen LogP contribution >= 0.6 is 11.3 Å². The van der Waals surface area contributed by atoms with Crippen molar-refractivity contribution in [2.24, 2.45) is 0 Å². The Bertz CT molecular complexity index is 1000. The SMILES string of the molecule is COc1ccc(OC)c(CNC(=O)c2ccccc2N(C)C(=O)c2cccs2)c1. The van der Waals surface area contributed by atoms with E-state index >= 15 is 0 Å². The number of carbonyl (C=O) groups is 2. The van der Waals surface area contributed by atoms with Gasteiger partial charge in [-0.3, -0.25) is 9.59 Å². The van der Waals surface area contributed by atoms with Crippen LogP contribution < -0.4 is 19.7 Å². The first-order valence-corrected chi connectivity index (χ1v) is 9.82. The summed E-state index contributed by atoms with van der Waals surface area (Å²) in [4.78, 5) is 27.7. The van der Waals surface area contributed by atoms with Crippen molar-refractivity contribution in [1.29, 1.82) is 0 Å². The Balaban J connectivity index is 1.80. The van der Waals surface area contributed by atoms with Crippen LogP contribution in [0.1, 0.15) is 25.6 Å². The highest BCUT2D eigenvalue weighted by Crippen LogP contribution is 2.25. The molecule has 0 aliphatic carbocycles. The second-order valence-electron chi connectivity index (χ2n) is 6.22. The first kappa shape index (κ1) is 20.4. The van der Waals surface area contributed by atoms with E-state index in [-0.39, 0.29) is 18.4 Å². The number of nitrogens with one attached hydrogen (secondary N) is 1. The number of rotatable bonds is 7. The van der Waals surface area contributed by atoms with E-state index in [1.165, 1.54) is 16.2 Å². The minimum atomic E-state index is -0.281. The maximum Gasteiger partial charge on any atom is 0.268 e. The third-order valence-corrected chi connectivity index (χ3v) is 5.33. The van der Waals surface area contributed by atoms with Gasteiger partial charge in [0.2, 0.25) is 0 Å². The molecule has 0 unspecified atom stereocenters. The van der Waals surface area contributed by atoms with E-state index in [0.29, 0.717) is 27.6 Å². The number of hydrogen-bond donors (Lipinski definition) is 1. The van der Waals surface area contributed by atoms with Gasteiger partial charge in [0, 0.05) is 19.2 Å². The lowest BCUT2D eigenvalue weighted by Crippen LogP contribution is -2.30. The number of methoxy groups -OCH3 is 2. The summed E-state index contributed by atoms with van der Waals surface area (Å²) in [7, 11) is 4.83. The van der Waals surface area contributed by atoms with Gasteiger partial charge in [-0.1, -0.05) is 18.2 Å². The van der Waals surface area contributed by atoms with Gasteiger partial charge in [-0.15, -0.1) is 11.3 Å². The molecule has 7 heteroatoms. The van der Waals surface area contributed by atoms with Crippen molar-refractivity contribution >= 4 is 28.8 Å². The minimum absolute atomic E-state index is 0.158. The number of hydrogen-bond acceptors (Lipinski definition) is 5. The van der Waals surface area contributed by atoms with Crippen LogP contribution in [0.4, 0.5) is 5.69 Å². The number of para-hydroxylation sites is 1. The van der Waals surface area contributed by atoms with E-state index in [9.17, 15) is 9.59 Å². The van der Waals surface area contributed by atoms with Crippen LogP contribution in [0.3, 0.4) is 0 Å². The molecule has 3 aromatic rings. The molecule has 150 valence electrons. The maximum absolute atomic E-state index is 12.9. The number of amides is 2. The largest absolute Gasteiger partial charge is 0.497 e. The van der Waals surface area contributed by atoms with E-state index < -0.39 is 0 Å². The van der Waals surface area contributed by atoms with Crippen molar-refractivity contribution in [1.82, 2.24) is 5.32 Å². The molecule has 1 N–H and O–H groups in total. The van der Waals surface area contributed by atoms with Gasteiger partial charge in [0.15, 0.2) is 0 Å². The number of benzene rings is 2. The zero-order valence-corrected chi connectivity index (χ0v) is 17.3. The van der Waals surface area contributed by atoms with Gasteiger partial charge in [0.1, 0.15) is 11.5 Å². The van der Waals surface area contributed by atoms with Gasteiger partial charge >= 0.3 is 0 Å². The molecule has 0 aliphatic rings. The Morgan fingerprint density at radius 2 is 1.83 bits per heavy atom. The van der Waals surface area contributed by atoms with Crippen LogP contribution in [-0.4, -0.2) is 33.1 Å². The van der Waals surface area contributed by atoms with E-state index in [1.807, 2.05) is 17.5 Å². The number of ether oxygens (including phenoxy) is 2. The third kappa shape index (κ3) is 4.57. The molecule has 1 heterocycles. The normalized spacial score (nSPS) is 10.3. The van der Waals surface area contributed by atoms with Gasteiger partial charge in [-0.25, -0.2) is 0 Å². The van der Waals surface area contributed by atoms with Gasteiger partial charge < -0.3 is 19.7 Å². The van der Waals surface area contributed by atoms with Crippen LogP contribution in [0, 0.1) is 0 Å². The second kappa shape index (κ2) is 9.25. The molecule has 0 aliphatic heterocycles. The molecule has 0 spiro atoms. The molecule has 0 fully saturated rings. The van der Waals surface area contributed by atoms with Crippen molar-refractivity contribution in [3.8, 4) is 11.5 Å². The van der Waals surface area contributed by atoms with Crippen molar-refractivity contribution in [3.63, 3.8) is 0 Å². The average molecular weight is 410 g/mol. The van der Waals surface area contributed by atoms with E-state index in [4.69, 9.17) is 9.47 Å². The fraction of sp³-hybridized carbons (Fsp3) is 0.182. The Morgan fingerprint density at radius 1 is 1.03 bits per heavy atom. The van der Waals surface area contributed by atoms with Crippen molar-refractivity contribution in [3.05, 3.63) is 76.0 Å². The quantitative estimate of drug-likeness (QED) is 0.640. The summed E-state index contributed by atoms with van der Waals surface area (Å²) in [6.45, 7) is 0.260.